The number of benzene rings is 1. The van der Waals surface area contributed by atoms with Gasteiger partial charge in [-0.25, -0.2) is 4.79 Å². The van der Waals surface area contributed by atoms with Crippen LogP contribution in [0.2, 0.25) is 0 Å². The van der Waals surface area contributed by atoms with Gasteiger partial charge < -0.3 is 19.9 Å². The summed E-state index contributed by atoms with van der Waals surface area (Å²) in [5, 5.41) is 3.11. The van der Waals surface area contributed by atoms with Gasteiger partial charge in [0.25, 0.3) is 0 Å². The van der Waals surface area contributed by atoms with Crippen LogP contribution in [-0.2, 0) is 14.9 Å². The largest absolute Gasteiger partial charge is 0.446 e. The Kier molecular flexibility index (Phi) is 4.74. The lowest BCUT2D eigenvalue weighted by molar-refractivity contribution is -0.122. The summed E-state index contributed by atoms with van der Waals surface area (Å²) in [4.78, 5) is 30.3. The summed E-state index contributed by atoms with van der Waals surface area (Å²) in [6.07, 6.45) is 9.64. The number of piperidine rings is 2. The molecule has 3 unspecified atom stereocenters. The molecule has 5 aliphatic rings. The first kappa shape index (κ1) is 19.6. The van der Waals surface area contributed by atoms with Crippen molar-refractivity contribution in [3.8, 4) is 0 Å². The van der Waals surface area contributed by atoms with Crippen LogP contribution in [0.3, 0.4) is 0 Å². The topological polar surface area (TPSA) is 61.9 Å². The molecule has 0 bridgehead atoms. The van der Waals surface area contributed by atoms with Crippen LogP contribution in [0, 0.1) is 5.92 Å². The number of rotatable bonds is 2. The highest BCUT2D eigenvalue weighted by Crippen LogP contribution is 2.47. The van der Waals surface area contributed by atoms with Crippen molar-refractivity contribution in [2.24, 2.45) is 5.92 Å². The molecule has 3 aliphatic heterocycles. The molecule has 4 fully saturated rings. The van der Waals surface area contributed by atoms with Gasteiger partial charge >= 0.3 is 6.09 Å². The highest BCUT2D eigenvalue weighted by Gasteiger charge is 2.51. The van der Waals surface area contributed by atoms with E-state index in [1.165, 1.54) is 24.8 Å². The second-order valence-electron chi connectivity index (χ2n) is 10.3. The molecule has 6 nitrogen and oxygen atoms in total. The van der Waals surface area contributed by atoms with Crippen LogP contribution in [-0.4, -0.2) is 59.6 Å². The summed E-state index contributed by atoms with van der Waals surface area (Å²) in [5.41, 5.74) is 1.83. The lowest BCUT2D eigenvalue weighted by atomic mass is 9.73. The first-order valence-corrected chi connectivity index (χ1v) is 12.3. The van der Waals surface area contributed by atoms with E-state index in [-0.39, 0.29) is 23.5 Å². The monoisotopic (exact) mass is 423 g/mol. The van der Waals surface area contributed by atoms with Gasteiger partial charge in [0.1, 0.15) is 6.10 Å². The molecule has 1 aromatic carbocycles. The van der Waals surface area contributed by atoms with Crippen molar-refractivity contribution in [2.75, 3.05) is 25.0 Å². The molecule has 2 amide bonds. The van der Waals surface area contributed by atoms with Crippen LogP contribution >= 0.6 is 0 Å². The smallest absolute Gasteiger partial charge is 0.410 e. The van der Waals surface area contributed by atoms with Gasteiger partial charge in [0.05, 0.1) is 5.41 Å². The maximum atomic E-state index is 12.9. The molecule has 6 heteroatoms. The summed E-state index contributed by atoms with van der Waals surface area (Å²) in [6.45, 7) is 2.76. The Labute approximate surface area is 184 Å². The van der Waals surface area contributed by atoms with Crippen LogP contribution in [0.4, 0.5) is 10.5 Å². The molecule has 3 atom stereocenters. The summed E-state index contributed by atoms with van der Waals surface area (Å²) < 4.78 is 5.75. The van der Waals surface area contributed by atoms with Crippen LogP contribution in [0.1, 0.15) is 63.4 Å². The zero-order valence-corrected chi connectivity index (χ0v) is 18.2. The molecule has 0 radical (unpaired) electrons. The zero-order valence-electron chi connectivity index (χ0n) is 18.2. The summed E-state index contributed by atoms with van der Waals surface area (Å²) in [6, 6.07) is 9.04. The quantitative estimate of drug-likeness (QED) is 0.784. The molecule has 2 aliphatic carbocycles. The summed E-state index contributed by atoms with van der Waals surface area (Å²) in [7, 11) is 0. The molecule has 2 saturated heterocycles. The Morgan fingerprint density at radius 1 is 1.03 bits per heavy atom. The van der Waals surface area contributed by atoms with E-state index >= 15 is 0 Å². The second kappa shape index (κ2) is 7.51. The summed E-state index contributed by atoms with van der Waals surface area (Å²) >= 11 is 0. The average Bonchev–Trinajstić information content (AvgIpc) is 3.31. The molecule has 1 spiro atoms. The van der Waals surface area contributed by atoms with Gasteiger partial charge in [-0.15, -0.1) is 0 Å². The minimum atomic E-state index is -0.350. The SMILES string of the molecule is O=C(OC1CCC1)N1CCCC2CC(N3CCC4(CC3)C(=O)Nc3ccccc34)CC21. The van der Waals surface area contributed by atoms with Gasteiger partial charge in [-0.1, -0.05) is 18.2 Å². The van der Waals surface area contributed by atoms with Crippen molar-refractivity contribution < 1.29 is 14.3 Å². The Bertz CT molecular complexity index is 875. The minimum absolute atomic E-state index is 0.0723. The third kappa shape index (κ3) is 3.17. The van der Waals surface area contributed by atoms with E-state index in [1.807, 2.05) is 18.2 Å². The second-order valence-corrected chi connectivity index (χ2v) is 10.3. The van der Waals surface area contributed by atoms with Crippen molar-refractivity contribution in [2.45, 2.75) is 81.4 Å². The number of nitrogens with zero attached hydrogens (tertiary/aromatic N) is 2. The van der Waals surface area contributed by atoms with Crippen molar-refractivity contribution >= 4 is 17.7 Å². The number of carbonyl (C=O) groups excluding carboxylic acids is 2. The maximum absolute atomic E-state index is 12.9. The molecule has 0 aromatic heterocycles. The van der Waals surface area contributed by atoms with Gasteiger partial charge in [0.2, 0.25) is 5.91 Å². The number of amides is 2. The zero-order chi connectivity index (χ0) is 21.0. The Morgan fingerprint density at radius 2 is 1.84 bits per heavy atom. The average molecular weight is 424 g/mol. The third-order valence-electron chi connectivity index (χ3n) is 8.85. The van der Waals surface area contributed by atoms with Gasteiger partial charge in [0, 0.05) is 24.3 Å². The fourth-order valence-electron chi connectivity index (χ4n) is 6.82. The van der Waals surface area contributed by atoms with Crippen LogP contribution < -0.4 is 5.32 Å². The highest BCUT2D eigenvalue weighted by molar-refractivity contribution is 6.06. The number of hydrogen-bond donors (Lipinski definition) is 1. The Hall–Kier alpha value is -2.08. The number of carbonyl (C=O) groups is 2. The first-order valence-electron chi connectivity index (χ1n) is 12.3. The number of anilines is 1. The fraction of sp³-hybridized carbons (Fsp3) is 0.680. The molecular formula is C25H33N3O3. The van der Waals surface area contributed by atoms with Crippen molar-refractivity contribution in [1.29, 1.82) is 0 Å². The van der Waals surface area contributed by atoms with E-state index < -0.39 is 0 Å². The standard InChI is InChI=1S/C25H33N3O3/c29-23-25(20-8-1-2-9-21(20)26-23)10-13-27(14-11-25)18-15-17-5-4-12-28(22(17)16-18)24(30)31-19-6-3-7-19/h1-2,8-9,17-19,22H,3-7,10-16H2,(H,26,29). The normalized spacial score (nSPS) is 32.3. The van der Waals surface area contributed by atoms with Crippen LogP contribution in [0.15, 0.2) is 24.3 Å². The van der Waals surface area contributed by atoms with Gasteiger partial charge in [0.15, 0.2) is 0 Å². The van der Waals surface area contributed by atoms with Crippen molar-refractivity contribution in [3.63, 3.8) is 0 Å². The van der Waals surface area contributed by atoms with E-state index in [0.717, 1.165) is 63.8 Å². The molecule has 2 saturated carbocycles. The van der Waals surface area contributed by atoms with E-state index in [1.54, 1.807) is 0 Å². The highest BCUT2D eigenvalue weighted by atomic mass is 16.6. The number of fused-ring (bicyclic) bond motifs is 3. The Morgan fingerprint density at radius 3 is 2.61 bits per heavy atom. The third-order valence-corrected chi connectivity index (χ3v) is 8.85. The fourth-order valence-corrected chi connectivity index (χ4v) is 6.82. The van der Waals surface area contributed by atoms with E-state index in [9.17, 15) is 9.59 Å². The lowest BCUT2D eigenvalue weighted by Crippen LogP contribution is -2.50. The van der Waals surface area contributed by atoms with Crippen molar-refractivity contribution in [1.82, 2.24) is 9.80 Å². The number of nitrogens with one attached hydrogen (secondary N) is 1. The van der Waals surface area contributed by atoms with Gasteiger partial charge in [-0.2, -0.15) is 0 Å². The van der Waals surface area contributed by atoms with Crippen molar-refractivity contribution in [3.05, 3.63) is 29.8 Å². The predicted octanol–water partition coefficient (Wildman–Crippen LogP) is 3.90. The lowest BCUT2D eigenvalue weighted by Gasteiger charge is -2.41. The summed E-state index contributed by atoms with van der Waals surface area (Å²) in [5.74, 6) is 0.775. The minimum Gasteiger partial charge on any atom is -0.446 e. The van der Waals surface area contributed by atoms with E-state index in [4.69, 9.17) is 4.74 Å². The first-order chi connectivity index (χ1) is 15.1. The molecular weight excluding hydrogens is 390 g/mol. The molecule has 166 valence electrons. The number of ether oxygens (including phenoxy) is 1. The maximum Gasteiger partial charge on any atom is 0.410 e. The number of likely N-dealkylation sites (tertiary alicyclic amines) is 2. The van der Waals surface area contributed by atoms with E-state index in [2.05, 4.69) is 21.2 Å². The molecule has 31 heavy (non-hydrogen) atoms. The Balaban J connectivity index is 1.12. The molecule has 1 aromatic rings. The number of hydrogen-bond acceptors (Lipinski definition) is 4. The van der Waals surface area contributed by atoms with E-state index in [0.29, 0.717) is 18.0 Å². The van der Waals surface area contributed by atoms with Crippen LogP contribution in [0.25, 0.3) is 0 Å². The predicted molar refractivity (Wildman–Crippen MR) is 118 cm³/mol. The number of para-hydroxylation sites is 1. The van der Waals surface area contributed by atoms with Gasteiger partial charge in [-0.3, -0.25) is 4.79 Å². The molecule has 1 N–H and O–H groups in total. The molecule has 6 rings (SSSR count). The van der Waals surface area contributed by atoms with Crippen LogP contribution in [0.5, 0.6) is 0 Å². The molecule has 3 heterocycles. The van der Waals surface area contributed by atoms with Gasteiger partial charge in [-0.05, 0) is 88.4 Å².